The predicted octanol–water partition coefficient (Wildman–Crippen LogP) is 1.35. The summed E-state index contributed by atoms with van der Waals surface area (Å²) in [6.45, 7) is 0. The Labute approximate surface area is 105 Å². The van der Waals surface area contributed by atoms with E-state index in [4.69, 9.17) is 5.26 Å². The Balaban J connectivity index is 1.91. The van der Waals surface area contributed by atoms with Crippen molar-refractivity contribution in [1.29, 1.82) is 0 Å². The molecule has 2 rings (SSSR count). The lowest BCUT2D eigenvalue weighted by Crippen LogP contribution is -2.40. The summed E-state index contributed by atoms with van der Waals surface area (Å²) in [4.78, 5) is 11.2. The first-order valence-electron chi connectivity index (χ1n) is 5.38. The zero-order valence-corrected chi connectivity index (χ0v) is 9.94. The van der Waals surface area contributed by atoms with E-state index in [0.717, 1.165) is 12.8 Å². The van der Waals surface area contributed by atoms with Crippen molar-refractivity contribution in [3.63, 3.8) is 0 Å². The molecule has 0 saturated heterocycles. The number of hydrogen-bond acceptors (Lipinski definition) is 7. The van der Waals surface area contributed by atoms with Crippen molar-refractivity contribution in [2.24, 2.45) is 11.8 Å². The van der Waals surface area contributed by atoms with Gasteiger partial charge >= 0.3 is 11.2 Å². The molecular formula is C9H12F2O6S. The van der Waals surface area contributed by atoms with Gasteiger partial charge in [0.05, 0.1) is 6.10 Å². The van der Waals surface area contributed by atoms with Crippen LogP contribution in [0.25, 0.3) is 0 Å². The first kappa shape index (κ1) is 13.9. The Morgan fingerprint density at radius 3 is 2.56 bits per heavy atom. The molecule has 0 spiro atoms. The number of aliphatic hydroxyl groups excluding tert-OH is 1. The fraction of sp³-hybridized carbons (Fsp3) is 0.889. The Bertz CT molecular complexity index is 326. The minimum absolute atomic E-state index is 0.0195. The van der Waals surface area contributed by atoms with Crippen LogP contribution in [0.3, 0.4) is 0 Å². The molecule has 4 unspecified atom stereocenters. The summed E-state index contributed by atoms with van der Waals surface area (Å²) < 4.78 is 34.4. The molecule has 9 heteroatoms. The lowest BCUT2D eigenvalue weighted by atomic mass is 9.95. The number of carbonyl (C=O) groups excluding carboxylic acids is 1. The summed E-state index contributed by atoms with van der Waals surface area (Å²) in [5, 5.41) is 16.5. The van der Waals surface area contributed by atoms with E-state index in [1.807, 2.05) is 0 Å². The molecule has 2 aliphatic carbocycles. The number of fused-ring (bicyclic) bond motifs is 2. The van der Waals surface area contributed by atoms with Gasteiger partial charge in [-0.05, 0) is 31.1 Å². The van der Waals surface area contributed by atoms with Crippen LogP contribution in [0.2, 0.25) is 0 Å². The largest absolute Gasteiger partial charge is 0.454 e. The summed E-state index contributed by atoms with van der Waals surface area (Å²) >= 11 is -0.670. The number of hydrogen-bond donors (Lipinski definition) is 2. The SMILES string of the molecule is O=C(OC1C2CCC(C2)C1O)C(F)(F)SOOO. The minimum Gasteiger partial charge on any atom is -0.454 e. The van der Waals surface area contributed by atoms with Crippen LogP contribution in [0.1, 0.15) is 19.3 Å². The quantitative estimate of drug-likeness (QED) is 0.341. The smallest absolute Gasteiger partial charge is 0.415 e. The third-order valence-electron chi connectivity index (χ3n) is 3.45. The van der Waals surface area contributed by atoms with E-state index < -0.39 is 35.5 Å². The average molecular weight is 286 g/mol. The molecule has 0 aromatic carbocycles. The molecule has 4 atom stereocenters. The van der Waals surface area contributed by atoms with Crippen LogP contribution < -0.4 is 0 Å². The molecule has 2 bridgehead atoms. The number of carbonyl (C=O) groups is 1. The maximum atomic E-state index is 13.1. The van der Waals surface area contributed by atoms with Gasteiger partial charge in [0.15, 0.2) is 0 Å². The number of esters is 1. The van der Waals surface area contributed by atoms with E-state index in [2.05, 4.69) is 14.1 Å². The van der Waals surface area contributed by atoms with Gasteiger partial charge in [-0.2, -0.15) is 8.78 Å². The molecule has 18 heavy (non-hydrogen) atoms. The van der Waals surface area contributed by atoms with Gasteiger partial charge in [-0.3, -0.25) is 0 Å². The molecule has 0 amide bonds. The fourth-order valence-corrected chi connectivity index (χ4v) is 2.89. The fourth-order valence-electron chi connectivity index (χ4n) is 2.66. The topological polar surface area (TPSA) is 85.2 Å². The Morgan fingerprint density at radius 1 is 1.33 bits per heavy atom. The summed E-state index contributed by atoms with van der Waals surface area (Å²) in [6, 6.07) is 0. The molecule has 0 aromatic heterocycles. The van der Waals surface area contributed by atoms with E-state index >= 15 is 0 Å². The highest BCUT2D eigenvalue weighted by Crippen LogP contribution is 2.47. The van der Waals surface area contributed by atoms with Crippen molar-refractivity contribution in [3.05, 3.63) is 0 Å². The zero-order valence-electron chi connectivity index (χ0n) is 9.12. The summed E-state index contributed by atoms with van der Waals surface area (Å²) in [6.07, 6.45) is 0.496. The maximum Gasteiger partial charge on any atom is 0.415 e. The van der Waals surface area contributed by atoms with Crippen LogP contribution in [0, 0.1) is 11.8 Å². The van der Waals surface area contributed by atoms with Crippen LogP contribution in [-0.4, -0.2) is 33.8 Å². The second-order valence-corrected chi connectivity index (χ2v) is 5.25. The highest BCUT2D eigenvalue weighted by Gasteiger charge is 2.52. The van der Waals surface area contributed by atoms with Crippen molar-refractivity contribution in [1.82, 2.24) is 0 Å². The predicted molar refractivity (Wildman–Crippen MR) is 54.1 cm³/mol. The highest BCUT2D eigenvalue weighted by atomic mass is 32.2. The van der Waals surface area contributed by atoms with Crippen molar-refractivity contribution >= 4 is 18.0 Å². The first-order chi connectivity index (χ1) is 8.45. The van der Waals surface area contributed by atoms with E-state index in [9.17, 15) is 18.7 Å². The lowest BCUT2D eigenvalue weighted by molar-refractivity contribution is -0.433. The van der Waals surface area contributed by atoms with Crippen molar-refractivity contribution in [3.8, 4) is 0 Å². The minimum atomic E-state index is -4.01. The summed E-state index contributed by atoms with van der Waals surface area (Å²) in [5.41, 5.74) is 0. The van der Waals surface area contributed by atoms with Crippen molar-refractivity contribution in [2.45, 2.75) is 36.7 Å². The first-order valence-corrected chi connectivity index (χ1v) is 6.12. The molecule has 2 aliphatic rings. The van der Waals surface area contributed by atoms with Crippen LogP contribution in [0.4, 0.5) is 8.78 Å². The van der Waals surface area contributed by atoms with Crippen molar-refractivity contribution in [2.75, 3.05) is 0 Å². The maximum absolute atomic E-state index is 13.1. The van der Waals surface area contributed by atoms with Gasteiger partial charge in [-0.1, -0.05) is 5.04 Å². The highest BCUT2D eigenvalue weighted by molar-refractivity contribution is 7.96. The molecule has 2 saturated carbocycles. The number of ether oxygens (including phenoxy) is 1. The van der Waals surface area contributed by atoms with Gasteiger partial charge in [0, 0.05) is 0 Å². The summed E-state index contributed by atoms with van der Waals surface area (Å²) in [5.74, 6) is -1.86. The van der Waals surface area contributed by atoms with Gasteiger partial charge in [0.25, 0.3) is 0 Å². The molecule has 104 valence electrons. The molecule has 0 aromatic rings. The van der Waals surface area contributed by atoms with E-state index in [-0.39, 0.29) is 11.8 Å². The van der Waals surface area contributed by atoms with Crippen molar-refractivity contribution < 1.29 is 38.0 Å². The van der Waals surface area contributed by atoms with E-state index in [1.54, 1.807) is 0 Å². The summed E-state index contributed by atoms with van der Waals surface area (Å²) in [7, 11) is 0. The second kappa shape index (κ2) is 5.25. The van der Waals surface area contributed by atoms with Crippen LogP contribution in [-0.2, 0) is 18.9 Å². The lowest BCUT2D eigenvalue weighted by Gasteiger charge is -2.27. The molecular weight excluding hydrogens is 274 g/mol. The molecule has 2 fully saturated rings. The van der Waals surface area contributed by atoms with E-state index in [0.29, 0.717) is 6.42 Å². The van der Waals surface area contributed by atoms with Gasteiger partial charge in [0.1, 0.15) is 18.1 Å². The third kappa shape index (κ3) is 2.59. The molecule has 2 N–H and O–H groups in total. The van der Waals surface area contributed by atoms with E-state index in [1.165, 1.54) is 0 Å². The van der Waals surface area contributed by atoms with Crippen LogP contribution in [0.15, 0.2) is 0 Å². The standard InChI is InChI=1S/C9H12F2O6S/c10-9(11,18-17-16-14)8(13)15-7-5-2-1-4(3-5)6(7)12/h4-7,12,14H,1-3H2. The molecule has 0 radical (unpaired) electrons. The van der Waals surface area contributed by atoms with Crippen LogP contribution >= 0.6 is 12.0 Å². The third-order valence-corrected chi connectivity index (χ3v) is 3.95. The Hall–Kier alpha value is -0.480. The molecule has 6 nitrogen and oxygen atoms in total. The Kier molecular flexibility index (Phi) is 4.07. The number of alkyl halides is 2. The normalized spacial score (nSPS) is 34.9. The monoisotopic (exact) mass is 286 g/mol. The average Bonchev–Trinajstić information content (AvgIpc) is 2.90. The second-order valence-electron chi connectivity index (χ2n) is 4.44. The number of rotatable bonds is 5. The van der Waals surface area contributed by atoms with Gasteiger partial charge in [-0.25, -0.2) is 10.1 Å². The van der Waals surface area contributed by atoms with Gasteiger partial charge in [0.2, 0.25) is 0 Å². The van der Waals surface area contributed by atoms with Gasteiger partial charge < -0.3 is 9.84 Å². The molecule has 0 heterocycles. The number of aliphatic hydroxyl groups is 1. The van der Waals surface area contributed by atoms with Crippen LogP contribution in [0.5, 0.6) is 0 Å². The zero-order chi connectivity index (χ0) is 13.3. The number of halogens is 2. The van der Waals surface area contributed by atoms with Gasteiger partial charge in [-0.15, -0.1) is 4.33 Å². The Morgan fingerprint density at radius 2 is 2.00 bits per heavy atom. The molecule has 0 aliphatic heterocycles.